The molecule has 3 atom stereocenters. The molecule has 3 saturated heterocycles. The number of allylic oxidation sites excluding steroid dienone is 2. The number of nitrogens with one attached hydrogen (secondary N) is 6. The third-order valence-electron chi connectivity index (χ3n) is 15.8. The number of ether oxygens (including phenoxy) is 2. The Balaban J connectivity index is -0.00000133. The normalized spacial score (nSPS) is 15.3. The van der Waals surface area contributed by atoms with E-state index in [4.69, 9.17) is 102 Å². The van der Waals surface area contributed by atoms with Gasteiger partial charge in [0.1, 0.15) is 33.9 Å². The third-order valence-corrected chi connectivity index (χ3v) is 16.7. The summed E-state index contributed by atoms with van der Waals surface area (Å²) in [5.74, 6) is 3.90. The van der Waals surface area contributed by atoms with Crippen LogP contribution in [-0.4, -0.2) is 284 Å². The number of hydrogen-bond donors (Lipinski definition) is 10. The molecule has 0 aliphatic carbocycles. The fraction of sp³-hybridized carbons (Fsp3) is 0.303. The van der Waals surface area contributed by atoms with Gasteiger partial charge in [-0.05, 0) is 232 Å². The van der Waals surface area contributed by atoms with Crippen LogP contribution in [0.4, 0.5) is 14.4 Å². The molecule has 594 valence electrons. The lowest BCUT2D eigenvalue weighted by molar-refractivity contribution is -0.124. The number of phenols is 3. The quantitative estimate of drug-likeness (QED) is 0.0105. The molecule has 0 aromatic heterocycles. The highest BCUT2D eigenvalue weighted by Crippen LogP contribution is 2.30. The molecule has 5 aliphatic rings. The summed E-state index contributed by atoms with van der Waals surface area (Å²) in [6.07, 6.45) is -1.16. The molecular weight excluding hydrogens is 1530 g/mol. The van der Waals surface area contributed by atoms with Crippen LogP contribution in [-0.2, 0) is 46.2 Å². The zero-order chi connectivity index (χ0) is 89.7. The number of hydrogen-bond acceptors (Lipinski definition) is 18. The number of aromatic hydroxyl groups is 3. The smallest absolute Gasteiger partial charge is 0.322 e. The lowest BCUT2D eigenvalue weighted by atomic mass is 8.41. The molecule has 0 spiro atoms. The highest BCUT2D eigenvalue weighted by molar-refractivity contribution is 8.17. The van der Waals surface area contributed by atoms with Gasteiger partial charge >= 0.3 is 18.1 Å². The Morgan fingerprint density at radius 3 is 1.21 bits per heavy atom. The standard InChI is InChI=1S/C18H4.2C13H13N3O4.C8H6O3.C8H12O3.C8H16OSi.C5H9N3O2.3CH4.B18/c1-3-5-7-9-11-13-15-17-18-16-14-12-10-8-6-4-2;1-13(11(19)14-12(20)15-13)6-16-5-7-4-8(17)2-3-9(7)10(16)18;1-13(11(19)14-12(20)15-13)6-16-5-7-2-3-8(17)4-9(7)10(16)18;9-4-6-1-2-8(11)3-7(6)5-10;1-3-10-8(11-4-2)6-5-7-9;1-6-7-8(2)9-10(3,4)5;1-5(2-6)3(9)7-4(10)8-5;;;;1-11(2)16(12(3)4)18(15(9)10)17(13(5)6)14(7)8/h1-2H2;2*2-4,17H,5-6H2,1H3,(H2,14,15,19,20);1-5,11H;7-8H,3-4H2,1-2H3;6-7H,2H2,1,3-5H3;2,6H2,1H3,(H2,7,8,9,10);3*1H4;/b;;;;;7-6+;;;;;. The van der Waals surface area contributed by atoms with E-state index in [1.165, 1.54) is 52.3 Å². The molecule has 20 radical (unpaired) electrons. The first kappa shape index (κ1) is 113. The van der Waals surface area contributed by atoms with Gasteiger partial charge in [0, 0.05) is 184 Å². The Hall–Kier alpha value is -11.8. The Morgan fingerprint density at radius 1 is 0.529 bits per heavy atom. The van der Waals surface area contributed by atoms with Gasteiger partial charge in [-0.2, -0.15) is 0 Å². The molecule has 3 aromatic carbocycles. The van der Waals surface area contributed by atoms with Crippen LogP contribution >= 0.6 is 0 Å². The van der Waals surface area contributed by atoms with Crippen molar-refractivity contribution in [1.82, 2.24) is 41.7 Å². The number of rotatable bonds is 21. The van der Waals surface area contributed by atoms with Gasteiger partial charge in [-0.15, -0.1) is 0 Å². The van der Waals surface area contributed by atoms with Gasteiger partial charge in [0.05, 0.1) is 18.8 Å². The molecule has 8 rings (SSSR count). The molecule has 3 fully saturated rings. The van der Waals surface area contributed by atoms with Crippen molar-refractivity contribution in [1.29, 1.82) is 0 Å². The molecule has 45 heteroatoms. The van der Waals surface area contributed by atoms with E-state index in [0.717, 1.165) is 11.3 Å². The van der Waals surface area contributed by atoms with E-state index in [0.29, 0.717) is 61.9 Å². The van der Waals surface area contributed by atoms with Gasteiger partial charge in [-0.25, -0.2) is 14.4 Å². The van der Waals surface area contributed by atoms with Crippen LogP contribution in [0.2, 0.25) is 19.6 Å². The molecular formula is C76H85B18N9O17Si. The highest BCUT2D eigenvalue weighted by atomic mass is 28.4. The highest BCUT2D eigenvalue weighted by Gasteiger charge is 2.48. The summed E-state index contributed by atoms with van der Waals surface area (Å²) in [5, 5.41) is 41.6. The molecule has 26 nitrogen and oxygen atoms in total. The molecule has 11 N–H and O–H groups in total. The number of nitrogens with zero attached hydrogens (tertiary/aromatic N) is 2. The first-order valence-corrected chi connectivity index (χ1v) is 38.7. The first-order valence-electron chi connectivity index (χ1n) is 35.3. The van der Waals surface area contributed by atoms with Crippen LogP contribution in [0.15, 0.2) is 184 Å². The summed E-state index contributed by atoms with van der Waals surface area (Å²) >= 11 is 0. The van der Waals surface area contributed by atoms with Gasteiger partial charge in [0.25, 0.3) is 29.5 Å². The number of imide groups is 3. The number of aldehydes is 3. The average molecular weight is 1620 g/mol. The summed E-state index contributed by atoms with van der Waals surface area (Å²) in [7, 11) is 55.3. The van der Waals surface area contributed by atoms with E-state index in [9.17, 15) is 63.0 Å². The van der Waals surface area contributed by atoms with Crippen LogP contribution in [0, 0.1) is 11.8 Å². The van der Waals surface area contributed by atoms with Crippen LogP contribution in [0.1, 0.15) is 116 Å². The van der Waals surface area contributed by atoms with E-state index >= 15 is 0 Å². The van der Waals surface area contributed by atoms with Gasteiger partial charge in [0.2, 0.25) is 14.6 Å². The second-order valence-electron chi connectivity index (χ2n) is 26.5. The molecule has 3 aromatic rings. The Bertz CT molecular complexity index is 4800. The average Bonchev–Trinajstić information content (AvgIpc) is 1.67. The van der Waals surface area contributed by atoms with Crippen molar-refractivity contribution in [2.75, 3.05) is 32.8 Å². The number of urea groups is 3. The minimum absolute atomic E-state index is 0. The minimum Gasteiger partial charge on any atom is -0.545 e. The lowest BCUT2D eigenvalue weighted by Gasteiger charge is -2.40. The predicted octanol–water partition coefficient (Wildman–Crippen LogP) is 1.31. The van der Waals surface area contributed by atoms with Crippen molar-refractivity contribution < 1.29 is 82.0 Å². The molecule has 5 aliphatic heterocycles. The molecule has 5 heterocycles. The fourth-order valence-electron chi connectivity index (χ4n) is 10.5. The minimum atomic E-state index is -1.41. The zero-order valence-electron chi connectivity index (χ0n) is 66.7. The number of fused-ring (bicyclic) bond motifs is 2. The van der Waals surface area contributed by atoms with Gasteiger partial charge in [0.15, 0.2) is 18.9 Å². The van der Waals surface area contributed by atoms with Crippen LogP contribution in [0.3, 0.4) is 0 Å². The summed E-state index contributed by atoms with van der Waals surface area (Å²) in [6.45, 7) is 29.1. The van der Waals surface area contributed by atoms with Gasteiger partial charge in [-0.3, -0.25) is 54.3 Å². The molecule has 0 bridgehead atoms. The van der Waals surface area contributed by atoms with Crippen molar-refractivity contribution in [3.05, 3.63) is 217 Å². The van der Waals surface area contributed by atoms with E-state index in [1.54, 1.807) is 32.9 Å². The van der Waals surface area contributed by atoms with Crippen molar-refractivity contribution >= 4 is 203 Å². The van der Waals surface area contributed by atoms with Crippen molar-refractivity contribution in [2.24, 2.45) is 5.73 Å². The third kappa shape index (κ3) is 40.2. The predicted molar refractivity (Wildman–Crippen MR) is 489 cm³/mol. The van der Waals surface area contributed by atoms with Crippen LogP contribution in [0.5, 0.6) is 17.2 Å². The monoisotopic (exact) mass is 1620 g/mol. The van der Waals surface area contributed by atoms with E-state index in [-0.39, 0.29) is 88.0 Å². The summed E-state index contributed by atoms with van der Waals surface area (Å²) in [5.41, 5.74) is 44.4. The van der Waals surface area contributed by atoms with Gasteiger partial charge < -0.3 is 60.7 Å². The summed E-state index contributed by atoms with van der Waals surface area (Å²) < 4.78 is 15.6. The Labute approximate surface area is 727 Å². The molecule has 11 amide bonds. The number of carbonyl (C=O) groups excluding carboxylic acids is 11. The summed E-state index contributed by atoms with van der Waals surface area (Å²) in [4.78, 5) is 125. The maximum Gasteiger partial charge on any atom is 0.322 e. The fourth-order valence-corrected chi connectivity index (χ4v) is 11.4. The number of carbonyl (C=O) groups is 11. The van der Waals surface area contributed by atoms with Crippen molar-refractivity contribution in [3.8, 4) is 29.1 Å². The zero-order valence-corrected chi connectivity index (χ0v) is 67.7. The van der Waals surface area contributed by atoms with E-state index < -0.39 is 112 Å². The van der Waals surface area contributed by atoms with E-state index in [1.807, 2.05) is 32.9 Å². The molecule has 121 heavy (non-hydrogen) atoms. The summed E-state index contributed by atoms with van der Waals surface area (Å²) in [6, 6.07) is 11.6. The topological polar surface area (TPSA) is 381 Å². The maximum atomic E-state index is 12.2. The first-order chi connectivity index (χ1) is 55.5. The Kier molecular flexibility index (Phi) is 53.7. The number of benzene rings is 3. The van der Waals surface area contributed by atoms with Gasteiger partial charge in [-0.1, -0.05) is 52.5 Å². The SMILES string of the molecule is C.C.C.C=C(/C=C/C)O[Si](C)(C)C.C=C=C=C=C=C=C=C=C=C=C=C=C=C=C=C=C=C.CC1(CN)NC(=O)NC1=O.CC1(CN2Cc3cc(O)ccc3C2=O)NC(=O)NC1=O.CC1(CN2Cc3ccc(O)cc3C2=O)NC(=O)NC1=O.CCOC(C#CC=O)OCC.O=Cc1ccc(O)cc1C=O.[B]B([B])B(B([B])[B])B(B([B])[B])B(B([B])[B])B([B])[B]. The molecule has 3 unspecified atom stereocenters. The number of phenolic OH excluding ortho intramolecular Hbond substituents is 3. The maximum absolute atomic E-state index is 12.2. The van der Waals surface area contributed by atoms with Crippen LogP contribution < -0.4 is 37.6 Å². The van der Waals surface area contributed by atoms with Crippen LogP contribution in [0.25, 0.3) is 0 Å². The Morgan fingerprint density at radius 2 is 0.884 bits per heavy atom. The number of nitrogens with two attached hydrogens (primary N) is 1. The second kappa shape index (κ2) is 57.3. The molecule has 0 saturated carbocycles. The lowest BCUT2D eigenvalue weighted by Crippen LogP contribution is -2.78. The number of amides is 11. The second-order valence-corrected chi connectivity index (χ2v) is 31.0. The van der Waals surface area contributed by atoms with Crippen molar-refractivity contribution in [2.45, 2.75) is 119 Å². The van der Waals surface area contributed by atoms with Crippen molar-refractivity contribution in [3.63, 3.8) is 0 Å². The largest absolute Gasteiger partial charge is 0.545 e. The van der Waals surface area contributed by atoms with E-state index in [2.05, 4.69) is 175 Å².